The molecule has 94 valence electrons. The molecule has 2 N–H and O–H groups in total. The lowest BCUT2D eigenvalue weighted by atomic mass is 10.1. The lowest BCUT2D eigenvalue weighted by Gasteiger charge is -2.02. The van der Waals surface area contributed by atoms with Crippen LogP contribution in [0.2, 0.25) is 0 Å². The van der Waals surface area contributed by atoms with Gasteiger partial charge in [-0.3, -0.25) is 4.79 Å². The van der Waals surface area contributed by atoms with Crippen molar-refractivity contribution in [1.82, 2.24) is 0 Å². The Kier molecular flexibility index (Phi) is 4.63. The molecule has 0 aliphatic heterocycles. The van der Waals surface area contributed by atoms with Gasteiger partial charge in [0.2, 0.25) is 5.78 Å². The van der Waals surface area contributed by atoms with E-state index in [9.17, 15) is 9.59 Å². The van der Waals surface area contributed by atoms with Crippen molar-refractivity contribution in [2.45, 2.75) is 13.8 Å². The third kappa shape index (κ3) is 3.43. The third-order valence-corrected chi connectivity index (χ3v) is 3.04. The number of rotatable bonds is 4. The van der Waals surface area contributed by atoms with Crippen LogP contribution in [-0.4, -0.2) is 18.4 Å². The SMILES string of the molecule is C/C(N)=C(/C#N)C(=O)COC(=O)c1ccc(C)s1. The topological polar surface area (TPSA) is 93.2 Å². The molecule has 0 aliphatic carbocycles. The van der Waals surface area contributed by atoms with Gasteiger partial charge in [0.15, 0.2) is 6.61 Å². The number of hydrogen-bond acceptors (Lipinski definition) is 6. The van der Waals surface area contributed by atoms with Gasteiger partial charge >= 0.3 is 5.97 Å². The van der Waals surface area contributed by atoms with E-state index in [0.717, 1.165) is 4.88 Å². The van der Waals surface area contributed by atoms with Crippen molar-refractivity contribution in [3.63, 3.8) is 0 Å². The van der Waals surface area contributed by atoms with E-state index in [1.807, 2.05) is 6.92 Å². The van der Waals surface area contributed by atoms with Gasteiger partial charge in [0, 0.05) is 10.6 Å². The van der Waals surface area contributed by atoms with Crippen LogP contribution in [0.15, 0.2) is 23.4 Å². The summed E-state index contributed by atoms with van der Waals surface area (Å²) in [5, 5.41) is 8.71. The van der Waals surface area contributed by atoms with Gasteiger partial charge in [-0.2, -0.15) is 5.26 Å². The molecule has 0 aliphatic rings. The maximum absolute atomic E-state index is 11.5. The van der Waals surface area contributed by atoms with Crippen LogP contribution < -0.4 is 5.73 Å². The Bertz CT molecular complexity index is 548. The zero-order valence-corrected chi connectivity index (χ0v) is 10.8. The first-order valence-corrected chi connectivity index (χ1v) is 5.90. The van der Waals surface area contributed by atoms with Crippen LogP contribution in [0.5, 0.6) is 0 Å². The van der Waals surface area contributed by atoms with E-state index < -0.39 is 18.4 Å². The molecule has 0 unspecified atom stereocenters. The van der Waals surface area contributed by atoms with E-state index in [1.165, 1.54) is 18.3 Å². The minimum absolute atomic E-state index is 0.116. The van der Waals surface area contributed by atoms with Crippen molar-refractivity contribution in [2.75, 3.05) is 6.61 Å². The van der Waals surface area contributed by atoms with E-state index in [2.05, 4.69) is 0 Å². The van der Waals surface area contributed by atoms with E-state index in [-0.39, 0.29) is 11.3 Å². The summed E-state index contributed by atoms with van der Waals surface area (Å²) >= 11 is 1.28. The number of carbonyl (C=O) groups excluding carboxylic acids is 2. The summed E-state index contributed by atoms with van der Waals surface area (Å²) in [5.41, 5.74) is 5.31. The summed E-state index contributed by atoms with van der Waals surface area (Å²) < 4.78 is 4.82. The van der Waals surface area contributed by atoms with E-state index in [1.54, 1.807) is 18.2 Å². The van der Waals surface area contributed by atoms with Gasteiger partial charge in [-0.25, -0.2) is 4.79 Å². The summed E-state index contributed by atoms with van der Waals surface area (Å²) in [6.07, 6.45) is 0. The maximum Gasteiger partial charge on any atom is 0.348 e. The summed E-state index contributed by atoms with van der Waals surface area (Å²) in [7, 11) is 0. The number of nitrogens with two attached hydrogens (primary N) is 1. The van der Waals surface area contributed by atoms with Crippen molar-refractivity contribution < 1.29 is 14.3 Å². The van der Waals surface area contributed by atoms with Crippen LogP contribution in [0.25, 0.3) is 0 Å². The maximum atomic E-state index is 11.5. The van der Waals surface area contributed by atoms with Crippen LogP contribution in [0, 0.1) is 18.3 Å². The van der Waals surface area contributed by atoms with Crippen LogP contribution in [0.3, 0.4) is 0 Å². The van der Waals surface area contributed by atoms with E-state index in [4.69, 9.17) is 15.7 Å². The first-order chi connectivity index (χ1) is 8.45. The second-order valence-electron chi connectivity index (χ2n) is 3.58. The van der Waals surface area contributed by atoms with Gasteiger partial charge in [0.1, 0.15) is 16.5 Å². The largest absolute Gasteiger partial charge is 0.453 e. The number of thiophene rings is 1. The average molecular weight is 264 g/mol. The molecule has 1 aromatic rings. The molecule has 0 saturated carbocycles. The summed E-state index contributed by atoms with van der Waals surface area (Å²) in [6.45, 7) is 2.83. The molecule has 0 saturated heterocycles. The summed E-state index contributed by atoms with van der Waals surface area (Å²) in [6, 6.07) is 5.10. The van der Waals surface area contributed by atoms with E-state index in [0.29, 0.717) is 4.88 Å². The highest BCUT2D eigenvalue weighted by molar-refractivity contribution is 7.13. The molecule has 1 aromatic heterocycles. The van der Waals surface area contributed by atoms with Crippen LogP contribution in [-0.2, 0) is 9.53 Å². The average Bonchev–Trinajstić information content (AvgIpc) is 2.73. The van der Waals surface area contributed by atoms with Gasteiger partial charge < -0.3 is 10.5 Å². The van der Waals surface area contributed by atoms with Gasteiger partial charge in [0.05, 0.1) is 0 Å². The predicted octanol–water partition coefficient (Wildman–Crippen LogP) is 1.54. The second kappa shape index (κ2) is 5.98. The molecule has 0 aromatic carbocycles. The molecule has 0 atom stereocenters. The molecule has 5 nitrogen and oxygen atoms in total. The minimum Gasteiger partial charge on any atom is -0.453 e. The molecule has 0 spiro atoms. The molecule has 0 bridgehead atoms. The molecule has 6 heteroatoms. The number of Topliss-reactive ketones (excluding diaryl/α,β-unsaturated/α-hetero) is 1. The number of ketones is 1. The standard InChI is InChI=1S/C12H12N2O3S/c1-7-3-4-11(18-7)12(16)17-6-10(15)9(5-13)8(2)14/h3-4H,6,14H2,1-2H3/b9-8+. The number of nitrogens with zero attached hydrogens (tertiary/aromatic N) is 1. The Hall–Kier alpha value is -2.13. The zero-order valence-electron chi connectivity index (χ0n) is 10.0. The number of nitriles is 1. The second-order valence-corrected chi connectivity index (χ2v) is 4.87. The molecule has 18 heavy (non-hydrogen) atoms. The molecule has 0 radical (unpaired) electrons. The number of aryl methyl sites for hydroxylation is 1. The predicted molar refractivity (Wildman–Crippen MR) is 66.8 cm³/mol. The van der Waals surface area contributed by atoms with Crippen molar-refractivity contribution in [1.29, 1.82) is 5.26 Å². The van der Waals surface area contributed by atoms with Gasteiger partial charge in [-0.15, -0.1) is 11.3 Å². The van der Waals surface area contributed by atoms with Crippen molar-refractivity contribution in [3.05, 3.63) is 33.2 Å². The molecule has 0 fully saturated rings. The van der Waals surface area contributed by atoms with Crippen molar-refractivity contribution >= 4 is 23.1 Å². The van der Waals surface area contributed by atoms with Crippen LogP contribution in [0.1, 0.15) is 21.5 Å². The summed E-state index contributed by atoms with van der Waals surface area (Å²) in [5.74, 6) is -1.17. The number of hydrogen-bond donors (Lipinski definition) is 1. The summed E-state index contributed by atoms with van der Waals surface area (Å²) in [4.78, 5) is 24.5. The van der Waals surface area contributed by atoms with Crippen LogP contribution in [0.4, 0.5) is 0 Å². The molecule has 0 amide bonds. The number of ether oxygens (including phenoxy) is 1. The third-order valence-electron chi connectivity index (χ3n) is 2.06. The lowest BCUT2D eigenvalue weighted by molar-refractivity contribution is -0.118. The fourth-order valence-electron chi connectivity index (χ4n) is 1.19. The highest BCUT2D eigenvalue weighted by Crippen LogP contribution is 2.16. The first kappa shape index (κ1) is 13.9. The molecular formula is C12H12N2O3S. The smallest absolute Gasteiger partial charge is 0.348 e. The Morgan fingerprint density at radius 1 is 1.50 bits per heavy atom. The Balaban J connectivity index is 2.62. The fourth-order valence-corrected chi connectivity index (χ4v) is 1.95. The van der Waals surface area contributed by atoms with Gasteiger partial charge in [-0.05, 0) is 26.0 Å². The minimum atomic E-state index is -0.598. The Labute approximate surface area is 108 Å². The monoisotopic (exact) mass is 264 g/mol. The van der Waals surface area contributed by atoms with Gasteiger partial charge in [-0.1, -0.05) is 0 Å². The highest BCUT2D eigenvalue weighted by atomic mass is 32.1. The van der Waals surface area contributed by atoms with Crippen LogP contribution >= 0.6 is 11.3 Å². The quantitative estimate of drug-likeness (QED) is 0.506. The lowest BCUT2D eigenvalue weighted by Crippen LogP contribution is -2.17. The molecule has 1 rings (SSSR count). The number of esters is 1. The van der Waals surface area contributed by atoms with Crippen molar-refractivity contribution in [3.8, 4) is 6.07 Å². The Morgan fingerprint density at radius 3 is 2.61 bits per heavy atom. The van der Waals surface area contributed by atoms with Crippen molar-refractivity contribution in [2.24, 2.45) is 5.73 Å². The highest BCUT2D eigenvalue weighted by Gasteiger charge is 2.16. The normalized spacial score (nSPS) is 11.4. The fraction of sp³-hybridized carbons (Fsp3) is 0.250. The van der Waals surface area contributed by atoms with E-state index >= 15 is 0 Å². The number of allylic oxidation sites excluding steroid dienone is 1. The van der Waals surface area contributed by atoms with Gasteiger partial charge in [0.25, 0.3) is 0 Å². The Morgan fingerprint density at radius 2 is 2.17 bits per heavy atom. The molecule has 1 heterocycles. The number of carbonyl (C=O) groups is 2. The zero-order chi connectivity index (χ0) is 13.7. The first-order valence-electron chi connectivity index (χ1n) is 5.09. The molecular weight excluding hydrogens is 252 g/mol.